The smallest absolute Gasteiger partial charge is 0.220 e. The minimum Gasteiger partial charge on any atom is -0.351 e. The SMILES string of the molecule is CN1CC[C@@H](NC(=O)CCc2cnccn2)[C@@H]1c1ccccc1. The van der Waals surface area contributed by atoms with Crippen molar-refractivity contribution >= 4 is 5.91 Å². The van der Waals surface area contributed by atoms with E-state index in [2.05, 4.69) is 51.5 Å². The van der Waals surface area contributed by atoms with Crippen LogP contribution in [0.3, 0.4) is 0 Å². The van der Waals surface area contributed by atoms with E-state index in [-0.39, 0.29) is 18.0 Å². The molecule has 0 radical (unpaired) electrons. The van der Waals surface area contributed by atoms with Crippen molar-refractivity contribution in [3.05, 3.63) is 60.2 Å². The summed E-state index contributed by atoms with van der Waals surface area (Å²) in [5, 5.41) is 3.20. The third kappa shape index (κ3) is 3.93. The number of hydrogen-bond acceptors (Lipinski definition) is 4. The molecular formula is C18H22N4O. The van der Waals surface area contributed by atoms with E-state index in [0.29, 0.717) is 12.8 Å². The minimum absolute atomic E-state index is 0.0804. The van der Waals surface area contributed by atoms with Crippen LogP contribution < -0.4 is 5.32 Å². The second kappa shape index (κ2) is 7.33. The lowest BCUT2D eigenvalue weighted by Crippen LogP contribution is -2.39. The molecule has 1 aromatic heterocycles. The van der Waals surface area contributed by atoms with Crippen molar-refractivity contribution in [3.8, 4) is 0 Å². The second-order valence-corrected chi connectivity index (χ2v) is 6.00. The van der Waals surface area contributed by atoms with E-state index in [1.165, 1.54) is 5.56 Å². The summed E-state index contributed by atoms with van der Waals surface area (Å²) in [4.78, 5) is 22.8. The number of likely N-dealkylation sites (tertiary alicyclic amines) is 1. The highest BCUT2D eigenvalue weighted by Gasteiger charge is 2.33. The molecule has 0 unspecified atom stereocenters. The van der Waals surface area contributed by atoms with Gasteiger partial charge in [-0.25, -0.2) is 0 Å². The summed E-state index contributed by atoms with van der Waals surface area (Å²) < 4.78 is 0. The molecule has 1 aromatic carbocycles. The Hall–Kier alpha value is -2.27. The largest absolute Gasteiger partial charge is 0.351 e. The van der Waals surface area contributed by atoms with Gasteiger partial charge in [-0.3, -0.25) is 19.7 Å². The number of carbonyl (C=O) groups excluding carboxylic acids is 1. The maximum Gasteiger partial charge on any atom is 0.220 e. The number of hydrogen-bond donors (Lipinski definition) is 1. The van der Waals surface area contributed by atoms with E-state index in [4.69, 9.17) is 0 Å². The molecule has 0 spiro atoms. The lowest BCUT2D eigenvalue weighted by atomic mass is 10.00. The molecule has 1 saturated heterocycles. The van der Waals surface area contributed by atoms with Crippen LogP contribution in [0.1, 0.15) is 30.1 Å². The molecular weight excluding hydrogens is 288 g/mol. The highest BCUT2D eigenvalue weighted by Crippen LogP contribution is 2.30. The lowest BCUT2D eigenvalue weighted by molar-refractivity contribution is -0.121. The third-order valence-electron chi connectivity index (χ3n) is 4.36. The average Bonchev–Trinajstić information content (AvgIpc) is 2.95. The molecule has 0 saturated carbocycles. The topological polar surface area (TPSA) is 58.1 Å². The Labute approximate surface area is 136 Å². The van der Waals surface area contributed by atoms with Gasteiger partial charge in [-0.2, -0.15) is 0 Å². The van der Waals surface area contributed by atoms with Crippen LogP contribution in [-0.2, 0) is 11.2 Å². The molecule has 3 rings (SSSR count). The first kappa shape index (κ1) is 15.6. The van der Waals surface area contributed by atoms with Crippen LogP contribution >= 0.6 is 0 Å². The standard InChI is InChI=1S/C18H22N4O/c1-22-12-9-16(18(22)14-5-3-2-4-6-14)21-17(23)8-7-15-13-19-10-11-20-15/h2-6,10-11,13,16,18H,7-9,12H2,1H3,(H,21,23)/t16-,18+/m1/s1. The van der Waals surface area contributed by atoms with Gasteiger partial charge in [-0.1, -0.05) is 30.3 Å². The maximum atomic E-state index is 12.3. The number of benzene rings is 1. The van der Waals surface area contributed by atoms with Crippen molar-refractivity contribution < 1.29 is 4.79 Å². The summed E-state index contributed by atoms with van der Waals surface area (Å²) in [6, 6.07) is 10.8. The monoisotopic (exact) mass is 310 g/mol. The van der Waals surface area contributed by atoms with Crippen LogP contribution in [0.15, 0.2) is 48.9 Å². The fraction of sp³-hybridized carbons (Fsp3) is 0.389. The molecule has 0 bridgehead atoms. The molecule has 5 nitrogen and oxygen atoms in total. The zero-order valence-electron chi connectivity index (χ0n) is 13.4. The van der Waals surface area contributed by atoms with Crippen molar-refractivity contribution in [2.45, 2.75) is 31.3 Å². The van der Waals surface area contributed by atoms with Crippen LogP contribution in [0, 0.1) is 0 Å². The van der Waals surface area contributed by atoms with Crippen molar-refractivity contribution in [2.75, 3.05) is 13.6 Å². The fourth-order valence-electron chi connectivity index (χ4n) is 3.21. The van der Waals surface area contributed by atoms with Crippen molar-refractivity contribution in [3.63, 3.8) is 0 Å². The summed E-state index contributed by atoms with van der Waals surface area (Å²) in [6.45, 7) is 0.995. The number of nitrogens with one attached hydrogen (secondary N) is 1. The van der Waals surface area contributed by atoms with Gasteiger partial charge in [0.25, 0.3) is 0 Å². The number of nitrogens with zero attached hydrogens (tertiary/aromatic N) is 3. The Kier molecular flexibility index (Phi) is 4.98. The van der Waals surface area contributed by atoms with Crippen molar-refractivity contribution in [1.82, 2.24) is 20.2 Å². The van der Waals surface area contributed by atoms with Crippen LogP contribution in [0.5, 0.6) is 0 Å². The first-order chi connectivity index (χ1) is 11.2. The Morgan fingerprint density at radius 2 is 2.13 bits per heavy atom. The van der Waals surface area contributed by atoms with E-state index in [1.54, 1.807) is 18.6 Å². The summed E-state index contributed by atoms with van der Waals surface area (Å²) in [7, 11) is 2.11. The minimum atomic E-state index is 0.0804. The number of likely N-dealkylation sites (N-methyl/N-ethyl adjacent to an activating group) is 1. The summed E-state index contributed by atoms with van der Waals surface area (Å²) in [5.74, 6) is 0.0804. The Bertz CT molecular complexity index is 632. The van der Waals surface area contributed by atoms with Gasteiger partial charge in [-0.05, 0) is 25.5 Å². The second-order valence-electron chi connectivity index (χ2n) is 6.00. The normalized spacial score (nSPS) is 21.3. The number of carbonyl (C=O) groups is 1. The third-order valence-corrected chi connectivity index (χ3v) is 4.36. The molecule has 0 aliphatic carbocycles. The Morgan fingerprint density at radius 1 is 1.30 bits per heavy atom. The molecule has 2 aromatic rings. The van der Waals surface area contributed by atoms with E-state index in [9.17, 15) is 4.79 Å². The van der Waals surface area contributed by atoms with E-state index < -0.39 is 0 Å². The summed E-state index contributed by atoms with van der Waals surface area (Å²) >= 11 is 0. The molecule has 2 atom stereocenters. The first-order valence-corrected chi connectivity index (χ1v) is 8.03. The van der Waals surface area contributed by atoms with Gasteiger partial charge in [0.1, 0.15) is 0 Å². The predicted molar refractivity (Wildman–Crippen MR) is 88.7 cm³/mol. The van der Waals surface area contributed by atoms with Gasteiger partial charge in [0, 0.05) is 37.6 Å². The van der Waals surface area contributed by atoms with Crippen molar-refractivity contribution in [2.24, 2.45) is 0 Å². The van der Waals surface area contributed by atoms with Gasteiger partial charge in [0.05, 0.1) is 11.7 Å². The van der Waals surface area contributed by atoms with Gasteiger partial charge < -0.3 is 5.32 Å². The van der Waals surface area contributed by atoms with Gasteiger partial charge in [0.15, 0.2) is 0 Å². The molecule has 120 valence electrons. The molecule has 1 aliphatic heterocycles. The molecule has 23 heavy (non-hydrogen) atoms. The first-order valence-electron chi connectivity index (χ1n) is 8.03. The van der Waals surface area contributed by atoms with Gasteiger partial charge >= 0.3 is 0 Å². The van der Waals surface area contributed by atoms with Crippen molar-refractivity contribution in [1.29, 1.82) is 0 Å². The summed E-state index contributed by atoms with van der Waals surface area (Å²) in [5.41, 5.74) is 2.11. The van der Waals surface area contributed by atoms with Crippen LogP contribution in [0.25, 0.3) is 0 Å². The highest BCUT2D eigenvalue weighted by molar-refractivity contribution is 5.76. The molecule has 5 heteroatoms. The van der Waals surface area contributed by atoms with Gasteiger partial charge in [0.2, 0.25) is 5.91 Å². The predicted octanol–water partition coefficient (Wildman–Crippen LogP) is 1.97. The number of aryl methyl sites for hydroxylation is 1. The Morgan fingerprint density at radius 3 is 2.87 bits per heavy atom. The number of amides is 1. The lowest BCUT2D eigenvalue weighted by Gasteiger charge is -2.26. The number of rotatable bonds is 5. The maximum absolute atomic E-state index is 12.3. The van der Waals surface area contributed by atoms with Crippen LogP contribution in [0.2, 0.25) is 0 Å². The molecule has 2 heterocycles. The number of aromatic nitrogens is 2. The molecule has 1 aliphatic rings. The zero-order valence-corrected chi connectivity index (χ0v) is 13.4. The average molecular weight is 310 g/mol. The zero-order chi connectivity index (χ0) is 16.1. The molecule has 1 N–H and O–H groups in total. The van der Waals surface area contributed by atoms with E-state index in [0.717, 1.165) is 18.7 Å². The van der Waals surface area contributed by atoms with Crippen LogP contribution in [-0.4, -0.2) is 40.4 Å². The fourth-order valence-corrected chi connectivity index (χ4v) is 3.21. The van der Waals surface area contributed by atoms with Gasteiger partial charge in [-0.15, -0.1) is 0 Å². The Balaban J connectivity index is 1.59. The molecule has 1 amide bonds. The summed E-state index contributed by atoms with van der Waals surface area (Å²) in [6.07, 6.45) is 7.06. The van der Waals surface area contributed by atoms with E-state index in [1.807, 2.05) is 6.07 Å². The highest BCUT2D eigenvalue weighted by atomic mass is 16.1. The molecule has 1 fully saturated rings. The van der Waals surface area contributed by atoms with E-state index >= 15 is 0 Å². The quantitative estimate of drug-likeness (QED) is 0.917. The van der Waals surface area contributed by atoms with Crippen LogP contribution in [0.4, 0.5) is 0 Å².